The number of halogens is 1. The predicted molar refractivity (Wildman–Crippen MR) is 70.2 cm³/mol. The van der Waals surface area contributed by atoms with Crippen molar-refractivity contribution in [3.05, 3.63) is 28.7 Å². The van der Waals surface area contributed by atoms with Gasteiger partial charge in [0.25, 0.3) is 0 Å². The quantitative estimate of drug-likeness (QED) is 0.877. The second-order valence-corrected chi connectivity index (χ2v) is 5.76. The molecule has 3 nitrogen and oxygen atoms in total. The molecule has 1 rings (SSSR count). The number of hydrogen-bond acceptors (Lipinski definition) is 2. The van der Waals surface area contributed by atoms with Gasteiger partial charge in [0.05, 0.1) is 6.04 Å². The molecule has 0 heterocycles. The van der Waals surface area contributed by atoms with Crippen molar-refractivity contribution in [3.8, 4) is 0 Å². The van der Waals surface area contributed by atoms with Crippen LogP contribution in [0.3, 0.4) is 0 Å². The summed E-state index contributed by atoms with van der Waals surface area (Å²) in [5.41, 5.74) is 6.37. The topological polar surface area (TPSA) is 55.1 Å². The molecular weight excluding hydrogens is 268 g/mol. The summed E-state index contributed by atoms with van der Waals surface area (Å²) in [4.78, 5) is 11.8. The normalized spacial score (nSPS) is 13.3. The molecule has 0 aliphatic rings. The van der Waals surface area contributed by atoms with Crippen molar-refractivity contribution in [2.45, 2.75) is 26.8 Å². The molecule has 16 heavy (non-hydrogen) atoms. The standard InChI is InChI=1S/C12H17BrN2O/c1-12(2,3)10(14)11(16)15-9-6-4-5-8(13)7-9/h4-7,10H,14H2,1-3H3,(H,15,16)/t10-/m0/s1. The maximum atomic E-state index is 11.8. The molecule has 4 heteroatoms. The minimum Gasteiger partial charge on any atom is -0.325 e. The van der Waals surface area contributed by atoms with Crippen molar-refractivity contribution in [2.75, 3.05) is 5.32 Å². The highest BCUT2D eigenvalue weighted by atomic mass is 79.9. The van der Waals surface area contributed by atoms with Crippen molar-refractivity contribution in [1.29, 1.82) is 0 Å². The number of rotatable bonds is 2. The molecule has 1 aromatic carbocycles. The van der Waals surface area contributed by atoms with Crippen LogP contribution < -0.4 is 11.1 Å². The first-order chi connectivity index (χ1) is 7.30. The van der Waals surface area contributed by atoms with E-state index in [9.17, 15) is 4.79 Å². The molecule has 0 bridgehead atoms. The van der Waals surface area contributed by atoms with Crippen molar-refractivity contribution in [1.82, 2.24) is 0 Å². The molecule has 0 radical (unpaired) electrons. The first-order valence-electron chi connectivity index (χ1n) is 5.13. The second-order valence-electron chi connectivity index (χ2n) is 4.84. The number of nitrogens with two attached hydrogens (primary N) is 1. The van der Waals surface area contributed by atoms with E-state index in [2.05, 4.69) is 21.2 Å². The zero-order valence-corrected chi connectivity index (χ0v) is 11.3. The Balaban J connectivity index is 2.72. The van der Waals surface area contributed by atoms with Crippen LogP contribution in [0.15, 0.2) is 28.7 Å². The van der Waals surface area contributed by atoms with Gasteiger partial charge in [0, 0.05) is 10.2 Å². The fourth-order valence-corrected chi connectivity index (χ4v) is 1.58. The van der Waals surface area contributed by atoms with Gasteiger partial charge in [0.1, 0.15) is 0 Å². The van der Waals surface area contributed by atoms with Gasteiger partial charge in [-0.2, -0.15) is 0 Å². The SMILES string of the molecule is CC(C)(C)[C@@H](N)C(=O)Nc1cccc(Br)c1. The number of benzene rings is 1. The Labute approximate surface area is 105 Å². The number of amides is 1. The molecule has 0 spiro atoms. The summed E-state index contributed by atoms with van der Waals surface area (Å²) in [7, 11) is 0. The lowest BCUT2D eigenvalue weighted by Crippen LogP contribution is -2.45. The van der Waals surface area contributed by atoms with Crippen LogP contribution in [0.1, 0.15) is 20.8 Å². The predicted octanol–water partition coefficient (Wildman–Crippen LogP) is 2.76. The maximum absolute atomic E-state index is 11.8. The van der Waals surface area contributed by atoms with Crippen LogP contribution in [0.25, 0.3) is 0 Å². The first-order valence-corrected chi connectivity index (χ1v) is 5.92. The van der Waals surface area contributed by atoms with Gasteiger partial charge in [-0.25, -0.2) is 0 Å². The second kappa shape index (κ2) is 4.97. The fourth-order valence-electron chi connectivity index (χ4n) is 1.18. The molecule has 1 amide bonds. The van der Waals surface area contributed by atoms with Gasteiger partial charge in [-0.3, -0.25) is 4.79 Å². The van der Waals surface area contributed by atoms with Crippen molar-refractivity contribution < 1.29 is 4.79 Å². The summed E-state index contributed by atoms with van der Waals surface area (Å²) >= 11 is 3.35. The van der Waals surface area contributed by atoms with E-state index in [0.29, 0.717) is 0 Å². The lowest BCUT2D eigenvalue weighted by molar-refractivity contribution is -0.119. The molecular formula is C12H17BrN2O. The molecule has 0 saturated heterocycles. The van der Waals surface area contributed by atoms with E-state index in [4.69, 9.17) is 5.73 Å². The van der Waals surface area contributed by atoms with Gasteiger partial charge in [-0.05, 0) is 23.6 Å². The van der Waals surface area contributed by atoms with Crippen LogP contribution in [0.4, 0.5) is 5.69 Å². The monoisotopic (exact) mass is 284 g/mol. The summed E-state index contributed by atoms with van der Waals surface area (Å²) in [6.07, 6.45) is 0. The van der Waals surface area contributed by atoms with E-state index in [0.717, 1.165) is 10.2 Å². The summed E-state index contributed by atoms with van der Waals surface area (Å²) < 4.78 is 0.926. The molecule has 0 fully saturated rings. The van der Waals surface area contributed by atoms with Crippen LogP contribution in [0.5, 0.6) is 0 Å². The minimum absolute atomic E-state index is 0.161. The van der Waals surface area contributed by atoms with Crippen LogP contribution in [0.2, 0.25) is 0 Å². The highest BCUT2D eigenvalue weighted by Crippen LogP contribution is 2.20. The largest absolute Gasteiger partial charge is 0.325 e. The molecule has 0 aliphatic heterocycles. The average Bonchev–Trinajstić information content (AvgIpc) is 2.15. The molecule has 0 saturated carbocycles. The zero-order valence-electron chi connectivity index (χ0n) is 9.75. The fraction of sp³-hybridized carbons (Fsp3) is 0.417. The number of anilines is 1. The van der Waals surface area contributed by atoms with E-state index in [1.807, 2.05) is 45.0 Å². The number of carbonyl (C=O) groups is 1. The van der Waals surface area contributed by atoms with Gasteiger partial charge < -0.3 is 11.1 Å². The van der Waals surface area contributed by atoms with Gasteiger partial charge in [0.2, 0.25) is 5.91 Å². The van der Waals surface area contributed by atoms with Crippen LogP contribution in [0, 0.1) is 5.41 Å². The van der Waals surface area contributed by atoms with E-state index < -0.39 is 6.04 Å². The Morgan fingerprint density at radius 2 is 2.06 bits per heavy atom. The Morgan fingerprint density at radius 1 is 1.44 bits per heavy atom. The van der Waals surface area contributed by atoms with Gasteiger partial charge in [-0.1, -0.05) is 42.8 Å². The summed E-state index contributed by atoms with van der Waals surface area (Å²) in [5.74, 6) is -0.161. The van der Waals surface area contributed by atoms with Gasteiger partial charge in [-0.15, -0.1) is 0 Å². The lowest BCUT2D eigenvalue weighted by Gasteiger charge is -2.25. The van der Waals surface area contributed by atoms with Crippen molar-refractivity contribution >= 4 is 27.5 Å². The number of hydrogen-bond donors (Lipinski definition) is 2. The molecule has 3 N–H and O–H groups in total. The molecule has 1 atom stereocenters. The number of nitrogens with one attached hydrogen (secondary N) is 1. The van der Waals surface area contributed by atoms with Gasteiger partial charge in [0.15, 0.2) is 0 Å². The third-order valence-electron chi connectivity index (χ3n) is 2.31. The van der Waals surface area contributed by atoms with Crippen molar-refractivity contribution in [2.24, 2.45) is 11.1 Å². The molecule has 88 valence electrons. The zero-order chi connectivity index (χ0) is 12.3. The molecule has 0 aliphatic carbocycles. The lowest BCUT2D eigenvalue weighted by atomic mass is 9.87. The van der Waals surface area contributed by atoms with Crippen molar-refractivity contribution in [3.63, 3.8) is 0 Å². The first kappa shape index (κ1) is 13.2. The Hall–Kier alpha value is -0.870. The highest BCUT2D eigenvalue weighted by Gasteiger charge is 2.27. The molecule has 0 aromatic heterocycles. The van der Waals surface area contributed by atoms with E-state index >= 15 is 0 Å². The van der Waals surface area contributed by atoms with E-state index in [1.54, 1.807) is 0 Å². The Bertz CT molecular complexity index is 385. The van der Waals surface area contributed by atoms with Crippen LogP contribution >= 0.6 is 15.9 Å². The third-order valence-corrected chi connectivity index (χ3v) is 2.80. The number of carbonyl (C=O) groups excluding carboxylic acids is 1. The summed E-state index contributed by atoms with van der Waals surface area (Å²) in [6.45, 7) is 5.83. The molecule has 1 aromatic rings. The Kier molecular flexibility index (Phi) is 4.10. The van der Waals surface area contributed by atoms with Crippen LogP contribution in [-0.4, -0.2) is 11.9 Å². The summed E-state index contributed by atoms with van der Waals surface area (Å²) in [6, 6.07) is 6.92. The molecule has 0 unspecified atom stereocenters. The highest BCUT2D eigenvalue weighted by molar-refractivity contribution is 9.10. The van der Waals surface area contributed by atoms with E-state index in [1.165, 1.54) is 0 Å². The van der Waals surface area contributed by atoms with Crippen LogP contribution in [-0.2, 0) is 4.79 Å². The average molecular weight is 285 g/mol. The smallest absolute Gasteiger partial charge is 0.241 e. The summed E-state index contributed by atoms with van der Waals surface area (Å²) in [5, 5.41) is 2.80. The maximum Gasteiger partial charge on any atom is 0.241 e. The third kappa shape index (κ3) is 3.61. The van der Waals surface area contributed by atoms with E-state index in [-0.39, 0.29) is 11.3 Å². The minimum atomic E-state index is -0.522. The Morgan fingerprint density at radius 3 is 2.56 bits per heavy atom. The van der Waals surface area contributed by atoms with Gasteiger partial charge >= 0.3 is 0 Å².